The van der Waals surface area contributed by atoms with Gasteiger partial charge in [-0.3, -0.25) is 4.79 Å². The zero-order valence-corrected chi connectivity index (χ0v) is 9.19. The average molecular weight is 254 g/mol. The third-order valence-electron chi connectivity index (χ3n) is 3.12. The number of aromatic nitrogens is 1. The molecule has 0 aliphatic carbocycles. The van der Waals surface area contributed by atoms with E-state index in [1.54, 1.807) is 0 Å². The molecule has 3 rings (SSSR count). The van der Waals surface area contributed by atoms with Crippen molar-refractivity contribution >= 4 is 16.8 Å². The fourth-order valence-electron chi connectivity index (χ4n) is 2.27. The summed E-state index contributed by atoms with van der Waals surface area (Å²) in [5.74, 6) is -0.263. The molecular formula is C12H9F3N2O. The van der Waals surface area contributed by atoms with Gasteiger partial charge < -0.3 is 10.3 Å². The SMILES string of the molecule is O=C1NCCc2c1[nH]c1ccc(C(F)(F)F)cc21. The third kappa shape index (κ3) is 1.56. The molecule has 3 nitrogen and oxygen atoms in total. The van der Waals surface area contributed by atoms with Crippen molar-refractivity contribution in [2.24, 2.45) is 0 Å². The number of rotatable bonds is 0. The Morgan fingerprint density at radius 2 is 2.00 bits per heavy atom. The number of amides is 1. The Morgan fingerprint density at radius 1 is 1.22 bits per heavy atom. The van der Waals surface area contributed by atoms with Crippen LogP contribution in [-0.2, 0) is 12.6 Å². The first-order valence-corrected chi connectivity index (χ1v) is 5.47. The van der Waals surface area contributed by atoms with E-state index in [0.717, 1.165) is 12.1 Å². The number of nitrogens with one attached hydrogen (secondary N) is 2. The van der Waals surface area contributed by atoms with Crippen LogP contribution in [-0.4, -0.2) is 17.4 Å². The highest BCUT2D eigenvalue weighted by Gasteiger charge is 2.31. The van der Waals surface area contributed by atoms with Gasteiger partial charge in [0.05, 0.1) is 5.56 Å². The highest BCUT2D eigenvalue weighted by Crippen LogP contribution is 2.33. The van der Waals surface area contributed by atoms with Crippen LogP contribution in [0.2, 0.25) is 0 Å². The summed E-state index contributed by atoms with van der Waals surface area (Å²) in [6.07, 6.45) is -3.82. The van der Waals surface area contributed by atoms with Crippen LogP contribution >= 0.6 is 0 Å². The van der Waals surface area contributed by atoms with E-state index in [1.165, 1.54) is 6.07 Å². The van der Waals surface area contributed by atoms with Gasteiger partial charge in [0.1, 0.15) is 5.69 Å². The molecule has 1 aliphatic heterocycles. The quantitative estimate of drug-likeness (QED) is 0.745. The molecule has 0 saturated carbocycles. The van der Waals surface area contributed by atoms with Crippen molar-refractivity contribution in [1.29, 1.82) is 0 Å². The molecule has 1 aromatic carbocycles. The summed E-state index contributed by atoms with van der Waals surface area (Å²) in [4.78, 5) is 14.4. The Bertz CT molecular complexity index is 643. The number of benzene rings is 1. The van der Waals surface area contributed by atoms with Gasteiger partial charge >= 0.3 is 6.18 Å². The fourth-order valence-corrected chi connectivity index (χ4v) is 2.27. The molecule has 18 heavy (non-hydrogen) atoms. The molecule has 2 N–H and O–H groups in total. The minimum absolute atomic E-state index is 0.263. The van der Waals surface area contributed by atoms with Crippen molar-refractivity contribution < 1.29 is 18.0 Å². The number of carbonyl (C=O) groups is 1. The maximum Gasteiger partial charge on any atom is 0.416 e. The first-order chi connectivity index (χ1) is 8.47. The number of hydrogen-bond acceptors (Lipinski definition) is 1. The normalized spacial score (nSPS) is 15.6. The topological polar surface area (TPSA) is 44.9 Å². The second-order valence-electron chi connectivity index (χ2n) is 4.24. The summed E-state index contributed by atoms with van der Waals surface area (Å²) < 4.78 is 37.9. The lowest BCUT2D eigenvalue weighted by molar-refractivity contribution is -0.137. The first kappa shape index (κ1) is 11.1. The summed E-state index contributed by atoms with van der Waals surface area (Å²) >= 11 is 0. The molecule has 0 unspecified atom stereocenters. The number of fused-ring (bicyclic) bond motifs is 3. The molecule has 94 valence electrons. The Kier molecular flexibility index (Phi) is 2.17. The van der Waals surface area contributed by atoms with Crippen LogP contribution < -0.4 is 5.32 Å². The molecule has 0 radical (unpaired) electrons. The summed E-state index contributed by atoms with van der Waals surface area (Å²) in [5, 5.41) is 3.13. The fraction of sp³-hybridized carbons (Fsp3) is 0.250. The third-order valence-corrected chi connectivity index (χ3v) is 3.12. The van der Waals surface area contributed by atoms with Crippen molar-refractivity contribution in [2.75, 3.05) is 6.54 Å². The predicted octanol–water partition coefficient (Wildman–Crippen LogP) is 2.47. The molecule has 0 spiro atoms. The molecule has 1 aliphatic rings. The predicted molar refractivity (Wildman–Crippen MR) is 59.3 cm³/mol. The van der Waals surface area contributed by atoms with Gasteiger partial charge in [-0.05, 0) is 30.2 Å². The van der Waals surface area contributed by atoms with Crippen LogP contribution in [0.3, 0.4) is 0 Å². The number of alkyl halides is 3. The van der Waals surface area contributed by atoms with Gasteiger partial charge in [0, 0.05) is 17.4 Å². The van der Waals surface area contributed by atoms with E-state index in [2.05, 4.69) is 10.3 Å². The van der Waals surface area contributed by atoms with E-state index < -0.39 is 11.7 Å². The van der Waals surface area contributed by atoms with E-state index >= 15 is 0 Å². The molecule has 2 heterocycles. The summed E-state index contributed by atoms with van der Waals surface area (Å²) in [7, 11) is 0. The Hall–Kier alpha value is -1.98. The Morgan fingerprint density at radius 3 is 2.72 bits per heavy atom. The maximum absolute atomic E-state index is 12.6. The largest absolute Gasteiger partial charge is 0.416 e. The molecular weight excluding hydrogens is 245 g/mol. The van der Waals surface area contributed by atoms with Crippen LogP contribution in [0.15, 0.2) is 18.2 Å². The lowest BCUT2D eigenvalue weighted by Crippen LogP contribution is -2.31. The summed E-state index contributed by atoms with van der Waals surface area (Å²) in [6, 6.07) is 3.48. The molecule has 0 saturated heterocycles. The highest BCUT2D eigenvalue weighted by atomic mass is 19.4. The number of hydrogen-bond donors (Lipinski definition) is 2. The van der Waals surface area contributed by atoms with Gasteiger partial charge in [0.2, 0.25) is 0 Å². The molecule has 2 aromatic rings. The number of carbonyl (C=O) groups excluding carboxylic acids is 1. The monoisotopic (exact) mass is 254 g/mol. The minimum atomic E-state index is -4.37. The molecule has 1 amide bonds. The van der Waals surface area contributed by atoms with Gasteiger partial charge in [-0.25, -0.2) is 0 Å². The Balaban J connectivity index is 2.25. The van der Waals surface area contributed by atoms with Crippen molar-refractivity contribution in [3.63, 3.8) is 0 Å². The zero-order valence-electron chi connectivity index (χ0n) is 9.19. The highest BCUT2D eigenvalue weighted by molar-refractivity contribution is 6.02. The zero-order chi connectivity index (χ0) is 12.9. The smallest absolute Gasteiger partial charge is 0.350 e. The summed E-state index contributed by atoms with van der Waals surface area (Å²) in [6.45, 7) is 0.453. The van der Waals surface area contributed by atoms with Gasteiger partial charge in [0.15, 0.2) is 0 Å². The van der Waals surface area contributed by atoms with E-state index in [-0.39, 0.29) is 5.91 Å². The van der Waals surface area contributed by atoms with Crippen LogP contribution in [0.25, 0.3) is 10.9 Å². The molecule has 0 fully saturated rings. The van der Waals surface area contributed by atoms with Crippen molar-refractivity contribution in [3.05, 3.63) is 35.0 Å². The second kappa shape index (κ2) is 3.51. The van der Waals surface area contributed by atoms with Crippen LogP contribution in [0.4, 0.5) is 13.2 Å². The molecule has 6 heteroatoms. The number of halogens is 3. The van der Waals surface area contributed by atoms with Gasteiger partial charge in [0.25, 0.3) is 5.91 Å². The first-order valence-electron chi connectivity index (χ1n) is 5.47. The van der Waals surface area contributed by atoms with Crippen molar-refractivity contribution in [1.82, 2.24) is 10.3 Å². The minimum Gasteiger partial charge on any atom is -0.350 e. The number of H-pyrrole nitrogens is 1. The average Bonchev–Trinajstić information content (AvgIpc) is 2.67. The number of aromatic amines is 1. The Labute approximate surface area is 100.0 Å². The van der Waals surface area contributed by atoms with E-state index in [1.807, 2.05) is 0 Å². The van der Waals surface area contributed by atoms with E-state index in [4.69, 9.17) is 0 Å². The summed E-state index contributed by atoms with van der Waals surface area (Å²) in [5.41, 5.74) is 0.906. The van der Waals surface area contributed by atoms with Crippen LogP contribution in [0, 0.1) is 0 Å². The second-order valence-corrected chi connectivity index (χ2v) is 4.24. The van der Waals surface area contributed by atoms with Crippen LogP contribution in [0.5, 0.6) is 0 Å². The van der Waals surface area contributed by atoms with Gasteiger partial charge in [-0.2, -0.15) is 13.2 Å². The van der Waals surface area contributed by atoms with Crippen LogP contribution in [0.1, 0.15) is 21.6 Å². The van der Waals surface area contributed by atoms with Gasteiger partial charge in [-0.15, -0.1) is 0 Å². The lowest BCUT2D eigenvalue weighted by atomic mass is 10.0. The van der Waals surface area contributed by atoms with Crippen molar-refractivity contribution in [2.45, 2.75) is 12.6 Å². The van der Waals surface area contributed by atoms with Gasteiger partial charge in [-0.1, -0.05) is 0 Å². The molecule has 1 aromatic heterocycles. The van der Waals surface area contributed by atoms with E-state index in [0.29, 0.717) is 35.1 Å². The molecule has 0 atom stereocenters. The molecule has 0 bridgehead atoms. The maximum atomic E-state index is 12.6. The standard InChI is InChI=1S/C12H9F3N2O/c13-12(14,15)6-1-2-9-8(5-6)7-3-4-16-11(18)10(7)17-9/h1-2,5,17H,3-4H2,(H,16,18). The van der Waals surface area contributed by atoms with E-state index in [9.17, 15) is 18.0 Å². The van der Waals surface area contributed by atoms with Crippen molar-refractivity contribution in [3.8, 4) is 0 Å². The lowest BCUT2D eigenvalue weighted by Gasteiger charge is -2.12.